The van der Waals surface area contributed by atoms with Gasteiger partial charge in [-0.1, -0.05) is 0 Å². The second kappa shape index (κ2) is 4.57. The predicted octanol–water partition coefficient (Wildman–Crippen LogP) is 2.92. The summed E-state index contributed by atoms with van der Waals surface area (Å²) in [7, 11) is 1.71. The van der Waals surface area contributed by atoms with E-state index in [-0.39, 0.29) is 12.0 Å². The van der Waals surface area contributed by atoms with Crippen LogP contribution >= 0.6 is 0 Å². The van der Waals surface area contributed by atoms with Gasteiger partial charge >= 0.3 is 0 Å². The summed E-state index contributed by atoms with van der Waals surface area (Å²) in [6.07, 6.45) is 4.85. The fourth-order valence-corrected chi connectivity index (χ4v) is 2.41. The summed E-state index contributed by atoms with van der Waals surface area (Å²) in [4.78, 5) is 0. The predicted molar refractivity (Wildman–Crippen MR) is 68.1 cm³/mol. The lowest BCUT2D eigenvalue weighted by atomic mass is 10.2. The van der Waals surface area contributed by atoms with Gasteiger partial charge in [0, 0.05) is 25.1 Å². The summed E-state index contributed by atoms with van der Waals surface area (Å²) in [5, 5.41) is 8.09. The highest BCUT2D eigenvalue weighted by Gasteiger charge is 2.19. The van der Waals surface area contributed by atoms with Gasteiger partial charge in [-0.2, -0.15) is 5.10 Å². The molecule has 18 heavy (non-hydrogen) atoms. The molecule has 5 heteroatoms. The van der Waals surface area contributed by atoms with E-state index in [9.17, 15) is 4.39 Å². The molecule has 4 nitrogen and oxygen atoms in total. The lowest BCUT2D eigenvalue weighted by molar-refractivity contribution is -0.0366. The highest BCUT2D eigenvalue weighted by atomic mass is 19.1. The maximum atomic E-state index is 13.8. The van der Waals surface area contributed by atoms with Crippen molar-refractivity contribution in [3.8, 4) is 0 Å². The van der Waals surface area contributed by atoms with Crippen LogP contribution in [0.1, 0.15) is 25.5 Å². The minimum atomic E-state index is -0.262. The first-order valence-corrected chi connectivity index (χ1v) is 6.25. The number of anilines is 1. The van der Waals surface area contributed by atoms with E-state index in [1.54, 1.807) is 24.0 Å². The minimum absolute atomic E-state index is 0.0592. The van der Waals surface area contributed by atoms with Crippen molar-refractivity contribution in [1.29, 1.82) is 0 Å². The van der Waals surface area contributed by atoms with Crippen LogP contribution < -0.4 is 5.32 Å². The molecule has 1 N–H and O–H groups in total. The fourth-order valence-electron chi connectivity index (χ4n) is 2.41. The molecule has 0 saturated carbocycles. The Hall–Kier alpha value is -1.62. The van der Waals surface area contributed by atoms with Crippen molar-refractivity contribution in [3.05, 3.63) is 24.1 Å². The Bertz CT molecular complexity index is 561. The second-order valence-corrected chi connectivity index (χ2v) is 4.55. The van der Waals surface area contributed by atoms with Crippen LogP contribution in [-0.4, -0.2) is 23.4 Å². The van der Waals surface area contributed by atoms with Crippen molar-refractivity contribution in [2.24, 2.45) is 0 Å². The number of benzene rings is 1. The quantitative estimate of drug-likeness (QED) is 0.889. The summed E-state index contributed by atoms with van der Waals surface area (Å²) in [5.41, 5.74) is 1.28. The molecule has 0 spiro atoms. The van der Waals surface area contributed by atoms with Gasteiger partial charge in [0.25, 0.3) is 0 Å². The molecule has 2 aromatic rings. The molecule has 1 saturated heterocycles. The Morgan fingerprint density at radius 3 is 3.06 bits per heavy atom. The van der Waals surface area contributed by atoms with Crippen LogP contribution in [0.15, 0.2) is 18.3 Å². The first-order valence-electron chi connectivity index (χ1n) is 6.25. The molecule has 0 radical (unpaired) electrons. The van der Waals surface area contributed by atoms with E-state index in [1.807, 2.05) is 0 Å². The van der Waals surface area contributed by atoms with Gasteiger partial charge in [0.1, 0.15) is 5.82 Å². The van der Waals surface area contributed by atoms with E-state index in [0.717, 1.165) is 36.8 Å². The Kier molecular flexibility index (Phi) is 2.91. The number of ether oxygens (including phenoxy) is 1. The zero-order valence-corrected chi connectivity index (χ0v) is 10.3. The number of nitrogens with zero attached hydrogens (tertiary/aromatic N) is 2. The summed E-state index contributed by atoms with van der Waals surface area (Å²) < 4.78 is 21.3. The third-order valence-electron chi connectivity index (χ3n) is 3.38. The minimum Gasteiger partial charge on any atom is -0.386 e. The lowest BCUT2D eigenvalue weighted by Gasteiger charge is -2.23. The van der Waals surface area contributed by atoms with E-state index < -0.39 is 0 Å². The molecule has 1 atom stereocenters. The van der Waals surface area contributed by atoms with Gasteiger partial charge in [-0.25, -0.2) is 9.07 Å². The molecule has 96 valence electrons. The molecule has 2 heterocycles. The number of aromatic nitrogens is 2. The molecule has 0 bridgehead atoms. The van der Waals surface area contributed by atoms with Crippen molar-refractivity contribution >= 4 is 16.6 Å². The topological polar surface area (TPSA) is 39.1 Å². The Morgan fingerprint density at radius 1 is 1.44 bits per heavy atom. The van der Waals surface area contributed by atoms with E-state index in [4.69, 9.17) is 4.74 Å². The van der Waals surface area contributed by atoms with Crippen molar-refractivity contribution < 1.29 is 9.13 Å². The van der Waals surface area contributed by atoms with Crippen LogP contribution in [0.2, 0.25) is 0 Å². The third kappa shape index (κ3) is 1.84. The van der Waals surface area contributed by atoms with Gasteiger partial charge in [0.15, 0.2) is 6.23 Å². The van der Waals surface area contributed by atoms with Gasteiger partial charge in [0.2, 0.25) is 0 Å². The molecule has 3 rings (SSSR count). The second-order valence-electron chi connectivity index (χ2n) is 4.55. The largest absolute Gasteiger partial charge is 0.386 e. The van der Waals surface area contributed by atoms with Crippen LogP contribution in [0.5, 0.6) is 0 Å². The van der Waals surface area contributed by atoms with E-state index in [0.29, 0.717) is 5.69 Å². The lowest BCUT2D eigenvalue weighted by Crippen LogP contribution is -2.19. The monoisotopic (exact) mass is 249 g/mol. The number of hydrogen-bond donors (Lipinski definition) is 1. The van der Waals surface area contributed by atoms with Crippen molar-refractivity contribution in [3.63, 3.8) is 0 Å². The summed E-state index contributed by atoms with van der Waals surface area (Å²) in [6.45, 7) is 0.753. The molecular formula is C13H16FN3O. The molecule has 1 aromatic heterocycles. The Morgan fingerprint density at radius 2 is 2.33 bits per heavy atom. The number of fused-ring (bicyclic) bond motifs is 1. The zero-order valence-electron chi connectivity index (χ0n) is 10.3. The number of halogens is 1. The van der Waals surface area contributed by atoms with E-state index in [1.165, 1.54) is 6.07 Å². The maximum Gasteiger partial charge on any atom is 0.150 e. The van der Waals surface area contributed by atoms with Gasteiger partial charge in [-0.15, -0.1) is 0 Å². The van der Waals surface area contributed by atoms with Crippen LogP contribution in [0, 0.1) is 5.82 Å². The van der Waals surface area contributed by atoms with Gasteiger partial charge in [0.05, 0.1) is 17.4 Å². The molecule has 1 aromatic carbocycles. The normalized spacial score (nSPS) is 20.2. The average molecular weight is 249 g/mol. The number of hydrogen-bond acceptors (Lipinski definition) is 3. The SMILES string of the molecule is CNc1cc2cnn(C3CCCCO3)c2cc1F. The summed E-state index contributed by atoms with van der Waals surface area (Å²) in [5.74, 6) is -0.262. The van der Waals surface area contributed by atoms with Crippen molar-refractivity contribution in [2.45, 2.75) is 25.5 Å². The summed E-state index contributed by atoms with van der Waals surface area (Å²) in [6, 6.07) is 3.29. The smallest absolute Gasteiger partial charge is 0.150 e. The van der Waals surface area contributed by atoms with Crippen LogP contribution in [-0.2, 0) is 4.74 Å². The Labute approximate surface area is 105 Å². The number of rotatable bonds is 2. The summed E-state index contributed by atoms with van der Waals surface area (Å²) >= 11 is 0. The van der Waals surface area contributed by atoms with Crippen molar-refractivity contribution in [2.75, 3.05) is 19.0 Å². The van der Waals surface area contributed by atoms with Gasteiger partial charge in [-0.3, -0.25) is 0 Å². The molecule has 1 aliphatic rings. The Balaban J connectivity index is 2.05. The van der Waals surface area contributed by atoms with E-state index >= 15 is 0 Å². The van der Waals surface area contributed by atoms with Crippen LogP contribution in [0.25, 0.3) is 10.9 Å². The van der Waals surface area contributed by atoms with Gasteiger partial charge in [-0.05, 0) is 25.3 Å². The van der Waals surface area contributed by atoms with Crippen LogP contribution in [0.4, 0.5) is 10.1 Å². The fraction of sp³-hybridized carbons (Fsp3) is 0.462. The molecule has 0 aliphatic carbocycles. The van der Waals surface area contributed by atoms with Crippen molar-refractivity contribution in [1.82, 2.24) is 9.78 Å². The maximum absolute atomic E-state index is 13.8. The molecule has 1 aliphatic heterocycles. The third-order valence-corrected chi connectivity index (χ3v) is 3.38. The average Bonchev–Trinajstić information content (AvgIpc) is 2.81. The highest BCUT2D eigenvalue weighted by Crippen LogP contribution is 2.28. The number of nitrogens with one attached hydrogen (secondary N) is 1. The van der Waals surface area contributed by atoms with E-state index in [2.05, 4.69) is 10.4 Å². The molecule has 0 amide bonds. The molecular weight excluding hydrogens is 233 g/mol. The standard InChI is InChI=1S/C13H16FN3O/c1-15-11-6-9-8-16-17(12(9)7-10(11)14)13-4-2-3-5-18-13/h6-8,13,15H,2-5H2,1H3. The van der Waals surface area contributed by atoms with Crippen LogP contribution in [0.3, 0.4) is 0 Å². The highest BCUT2D eigenvalue weighted by molar-refractivity contribution is 5.82. The zero-order chi connectivity index (χ0) is 12.5. The molecule has 1 unspecified atom stereocenters. The first-order chi connectivity index (χ1) is 8.79. The first kappa shape index (κ1) is 11.5. The van der Waals surface area contributed by atoms with Gasteiger partial charge < -0.3 is 10.1 Å². The molecule has 1 fully saturated rings.